The molecular weight excluding hydrogens is 196 g/mol. The zero-order valence-corrected chi connectivity index (χ0v) is 8.91. The van der Waals surface area contributed by atoms with Crippen LogP contribution in [0, 0.1) is 10.8 Å². The highest BCUT2D eigenvalue weighted by molar-refractivity contribution is 6.00. The van der Waals surface area contributed by atoms with Crippen molar-refractivity contribution in [1.82, 2.24) is 0 Å². The van der Waals surface area contributed by atoms with E-state index in [1.165, 1.54) is 7.11 Å². The lowest BCUT2D eigenvalue weighted by atomic mass is 9.52. The third kappa shape index (κ3) is 1.34. The minimum Gasteiger partial charge on any atom is -0.480 e. The molecule has 2 aliphatic carbocycles. The molecule has 0 aromatic rings. The monoisotopic (exact) mass is 212 g/mol. The summed E-state index contributed by atoms with van der Waals surface area (Å²) in [5.41, 5.74) is -1.11. The average molecular weight is 212 g/mol. The lowest BCUT2D eigenvalue weighted by Crippen LogP contribution is -2.55. The molecule has 0 aromatic carbocycles. The van der Waals surface area contributed by atoms with Crippen LogP contribution in [0.3, 0.4) is 0 Å². The third-order valence-electron chi connectivity index (χ3n) is 4.00. The van der Waals surface area contributed by atoms with Gasteiger partial charge in [0.2, 0.25) is 0 Å². The van der Waals surface area contributed by atoms with Gasteiger partial charge in [-0.1, -0.05) is 12.8 Å². The maximum atomic E-state index is 11.5. The summed E-state index contributed by atoms with van der Waals surface area (Å²) >= 11 is 0. The molecule has 2 aliphatic rings. The summed E-state index contributed by atoms with van der Waals surface area (Å²) < 4.78 is 4.60. The van der Waals surface area contributed by atoms with E-state index in [-0.39, 0.29) is 5.41 Å². The first-order chi connectivity index (χ1) is 7.05. The van der Waals surface area contributed by atoms with Crippen LogP contribution in [0.15, 0.2) is 0 Å². The Labute approximate surface area is 88.6 Å². The predicted molar refractivity (Wildman–Crippen MR) is 52.2 cm³/mol. The van der Waals surface area contributed by atoms with Crippen molar-refractivity contribution >= 4 is 11.9 Å². The molecule has 0 aromatic heterocycles. The van der Waals surface area contributed by atoms with Gasteiger partial charge in [-0.25, -0.2) is 0 Å². The number of carbonyl (C=O) groups is 2. The molecule has 0 saturated heterocycles. The number of hydrogen-bond acceptors (Lipinski definition) is 3. The molecule has 4 nitrogen and oxygen atoms in total. The molecule has 1 spiro atoms. The van der Waals surface area contributed by atoms with Gasteiger partial charge in [0.15, 0.2) is 5.41 Å². The fourth-order valence-electron chi connectivity index (χ4n) is 3.29. The standard InChI is InChI=1S/C11H16O4/c1-15-9(14)11(8(12)13)6-10(7-11)4-2-3-5-10/h2-7H2,1H3,(H,12,13). The van der Waals surface area contributed by atoms with Crippen LogP contribution in [0.2, 0.25) is 0 Å². The molecule has 0 aliphatic heterocycles. The molecule has 0 atom stereocenters. The smallest absolute Gasteiger partial charge is 0.323 e. The number of carboxylic acid groups (broad SMARTS) is 1. The Kier molecular flexibility index (Phi) is 2.24. The summed E-state index contributed by atoms with van der Waals surface area (Å²) in [5, 5.41) is 9.13. The fraction of sp³-hybridized carbons (Fsp3) is 0.818. The van der Waals surface area contributed by atoms with Gasteiger partial charge in [-0.3, -0.25) is 9.59 Å². The van der Waals surface area contributed by atoms with Gasteiger partial charge in [-0.05, 0) is 31.1 Å². The van der Waals surface area contributed by atoms with Crippen LogP contribution in [-0.2, 0) is 14.3 Å². The Balaban J connectivity index is 2.14. The summed E-state index contributed by atoms with van der Waals surface area (Å²) in [4.78, 5) is 22.6. The highest BCUT2D eigenvalue weighted by atomic mass is 16.5. The Morgan fingerprint density at radius 2 is 1.73 bits per heavy atom. The van der Waals surface area contributed by atoms with E-state index in [0.717, 1.165) is 25.7 Å². The molecule has 84 valence electrons. The number of methoxy groups -OCH3 is 1. The summed E-state index contributed by atoms with van der Waals surface area (Å²) in [6.07, 6.45) is 5.41. The number of rotatable bonds is 2. The van der Waals surface area contributed by atoms with E-state index < -0.39 is 17.4 Å². The van der Waals surface area contributed by atoms with E-state index in [0.29, 0.717) is 12.8 Å². The molecular formula is C11H16O4. The first kappa shape index (κ1) is 10.5. The second kappa shape index (κ2) is 3.22. The van der Waals surface area contributed by atoms with Crippen LogP contribution in [-0.4, -0.2) is 24.2 Å². The van der Waals surface area contributed by atoms with Gasteiger partial charge in [0.05, 0.1) is 7.11 Å². The SMILES string of the molecule is COC(=O)C1(C(=O)O)CC2(CCCC2)C1. The van der Waals surface area contributed by atoms with Crippen molar-refractivity contribution in [2.24, 2.45) is 10.8 Å². The summed E-state index contributed by atoms with van der Waals surface area (Å²) in [5.74, 6) is -1.60. The largest absolute Gasteiger partial charge is 0.480 e. The number of carboxylic acids is 1. The molecule has 0 amide bonds. The Morgan fingerprint density at radius 3 is 2.13 bits per heavy atom. The van der Waals surface area contributed by atoms with E-state index in [1.807, 2.05) is 0 Å². The lowest BCUT2D eigenvalue weighted by molar-refractivity contribution is -0.185. The Morgan fingerprint density at radius 1 is 1.20 bits per heavy atom. The van der Waals surface area contributed by atoms with Crippen molar-refractivity contribution in [3.8, 4) is 0 Å². The summed E-state index contributed by atoms with van der Waals surface area (Å²) in [6, 6.07) is 0. The molecule has 2 rings (SSSR count). The molecule has 0 bridgehead atoms. The molecule has 15 heavy (non-hydrogen) atoms. The number of ether oxygens (including phenoxy) is 1. The zero-order valence-electron chi connectivity index (χ0n) is 8.91. The van der Waals surface area contributed by atoms with E-state index in [9.17, 15) is 9.59 Å². The quantitative estimate of drug-likeness (QED) is 0.557. The summed E-state index contributed by atoms with van der Waals surface area (Å²) in [7, 11) is 1.26. The minimum absolute atomic E-state index is 0.132. The van der Waals surface area contributed by atoms with Crippen molar-refractivity contribution in [1.29, 1.82) is 0 Å². The van der Waals surface area contributed by atoms with Gasteiger partial charge in [0, 0.05) is 0 Å². The normalized spacial score (nSPS) is 25.9. The van der Waals surface area contributed by atoms with Gasteiger partial charge >= 0.3 is 11.9 Å². The molecule has 0 unspecified atom stereocenters. The molecule has 4 heteroatoms. The Bertz CT molecular complexity index is 294. The van der Waals surface area contributed by atoms with Crippen molar-refractivity contribution < 1.29 is 19.4 Å². The molecule has 1 N–H and O–H groups in total. The van der Waals surface area contributed by atoms with Gasteiger partial charge in [-0.15, -0.1) is 0 Å². The number of esters is 1. The Hall–Kier alpha value is -1.06. The van der Waals surface area contributed by atoms with Crippen LogP contribution in [0.5, 0.6) is 0 Å². The average Bonchev–Trinajstić information content (AvgIpc) is 2.61. The van der Waals surface area contributed by atoms with Gasteiger partial charge in [0.1, 0.15) is 0 Å². The van der Waals surface area contributed by atoms with E-state index in [1.54, 1.807) is 0 Å². The van der Waals surface area contributed by atoms with Gasteiger partial charge < -0.3 is 9.84 Å². The van der Waals surface area contributed by atoms with E-state index in [2.05, 4.69) is 4.74 Å². The maximum Gasteiger partial charge on any atom is 0.323 e. The highest BCUT2D eigenvalue weighted by Gasteiger charge is 2.64. The lowest BCUT2D eigenvalue weighted by Gasteiger charge is -2.50. The first-order valence-electron chi connectivity index (χ1n) is 5.37. The summed E-state index contributed by atoms with van der Waals surface area (Å²) in [6.45, 7) is 0. The van der Waals surface area contributed by atoms with Crippen LogP contribution in [0.1, 0.15) is 38.5 Å². The number of hydrogen-bond donors (Lipinski definition) is 1. The van der Waals surface area contributed by atoms with Crippen LogP contribution in [0.25, 0.3) is 0 Å². The van der Waals surface area contributed by atoms with Crippen LogP contribution >= 0.6 is 0 Å². The topological polar surface area (TPSA) is 63.6 Å². The third-order valence-corrected chi connectivity index (χ3v) is 4.00. The van der Waals surface area contributed by atoms with Crippen molar-refractivity contribution in [2.45, 2.75) is 38.5 Å². The maximum absolute atomic E-state index is 11.5. The van der Waals surface area contributed by atoms with Crippen LogP contribution < -0.4 is 0 Å². The van der Waals surface area contributed by atoms with Gasteiger partial charge in [0.25, 0.3) is 0 Å². The van der Waals surface area contributed by atoms with Gasteiger partial charge in [-0.2, -0.15) is 0 Å². The van der Waals surface area contributed by atoms with E-state index in [4.69, 9.17) is 5.11 Å². The molecule has 0 heterocycles. The van der Waals surface area contributed by atoms with Crippen LogP contribution in [0.4, 0.5) is 0 Å². The fourth-order valence-corrected chi connectivity index (χ4v) is 3.29. The first-order valence-corrected chi connectivity index (χ1v) is 5.37. The zero-order chi connectivity index (χ0) is 11.1. The molecule has 2 fully saturated rings. The van der Waals surface area contributed by atoms with Crippen molar-refractivity contribution in [3.05, 3.63) is 0 Å². The highest BCUT2D eigenvalue weighted by Crippen LogP contribution is 2.62. The molecule has 0 radical (unpaired) electrons. The second-order valence-electron chi connectivity index (χ2n) is 4.94. The van der Waals surface area contributed by atoms with Crippen molar-refractivity contribution in [3.63, 3.8) is 0 Å². The minimum atomic E-state index is -1.24. The van der Waals surface area contributed by atoms with E-state index >= 15 is 0 Å². The number of carbonyl (C=O) groups excluding carboxylic acids is 1. The molecule has 2 saturated carbocycles. The second-order valence-corrected chi connectivity index (χ2v) is 4.94. The predicted octanol–water partition coefficient (Wildman–Crippen LogP) is 1.58. The van der Waals surface area contributed by atoms with Crippen molar-refractivity contribution in [2.75, 3.05) is 7.11 Å². The number of aliphatic carboxylic acids is 1.